The third-order valence-electron chi connectivity index (χ3n) is 5.46. The molecule has 0 bridgehead atoms. The molecule has 126 valence electrons. The van der Waals surface area contributed by atoms with E-state index in [1.165, 1.54) is 64.6 Å². The minimum Gasteiger partial charge on any atom is -0.303 e. The van der Waals surface area contributed by atoms with Gasteiger partial charge >= 0.3 is 0 Å². The van der Waals surface area contributed by atoms with Gasteiger partial charge in [0, 0.05) is 6.54 Å². The van der Waals surface area contributed by atoms with E-state index in [2.05, 4.69) is 46.4 Å². The first-order valence-corrected chi connectivity index (χ1v) is 9.59. The van der Waals surface area contributed by atoms with Crippen LogP contribution in [-0.4, -0.2) is 24.5 Å². The van der Waals surface area contributed by atoms with Crippen LogP contribution in [0.4, 0.5) is 0 Å². The monoisotopic (exact) mass is 295 g/mol. The second kappa shape index (κ2) is 9.18. The summed E-state index contributed by atoms with van der Waals surface area (Å²) in [7, 11) is 0. The molecule has 0 spiro atoms. The summed E-state index contributed by atoms with van der Waals surface area (Å²) in [5, 5.41) is 0. The van der Waals surface area contributed by atoms with E-state index in [-0.39, 0.29) is 0 Å². The fraction of sp³-hybridized carbons (Fsp3) is 1.00. The molecule has 0 aromatic carbocycles. The Morgan fingerprint density at radius 3 is 1.90 bits per heavy atom. The van der Waals surface area contributed by atoms with Crippen LogP contribution in [0.15, 0.2) is 0 Å². The average Bonchev–Trinajstić information content (AvgIpc) is 2.38. The van der Waals surface area contributed by atoms with Gasteiger partial charge in [0.1, 0.15) is 0 Å². The molecular weight excluding hydrogens is 254 g/mol. The number of hydrogen-bond acceptors (Lipinski definition) is 1. The van der Waals surface area contributed by atoms with Crippen LogP contribution in [-0.2, 0) is 0 Å². The topological polar surface area (TPSA) is 3.24 Å². The van der Waals surface area contributed by atoms with E-state index >= 15 is 0 Å². The van der Waals surface area contributed by atoms with Crippen LogP contribution < -0.4 is 0 Å². The summed E-state index contributed by atoms with van der Waals surface area (Å²) in [5.74, 6) is 2.84. The van der Waals surface area contributed by atoms with Crippen molar-refractivity contribution >= 4 is 0 Å². The van der Waals surface area contributed by atoms with Crippen LogP contribution in [0.25, 0.3) is 0 Å². The van der Waals surface area contributed by atoms with Crippen molar-refractivity contribution in [1.29, 1.82) is 0 Å². The third kappa shape index (κ3) is 7.17. The zero-order valence-corrected chi connectivity index (χ0v) is 15.8. The van der Waals surface area contributed by atoms with Crippen LogP contribution in [0.5, 0.6) is 0 Å². The minimum absolute atomic E-state index is 0.523. The molecule has 1 nitrogen and oxygen atoms in total. The van der Waals surface area contributed by atoms with Gasteiger partial charge in [0.15, 0.2) is 0 Å². The Morgan fingerprint density at radius 1 is 0.952 bits per heavy atom. The standard InChI is InChI=1S/C20H41N/c1-7-13-21(14-8-2)16-17(3)15-18-9-11-19(12-10-18)20(4,5)6/h17-19H,7-16H2,1-6H3. The van der Waals surface area contributed by atoms with Gasteiger partial charge in [0.05, 0.1) is 0 Å². The van der Waals surface area contributed by atoms with Crippen molar-refractivity contribution in [3.8, 4) is 0 Å². The molecule has 1 atom stereocenters. The first kappa shape index (κ1) is 19.0. The summed E-state index contributed by atoms with van der Waals surface area (Å²) in [5.41, 5.74) is 0.523. The van der Waals surface area contributed by atoms with Crippen LogP contribution >= 0.6 is 0 Å². The van der Waals surface area contributed by atoms with Crippen LogP contribution in [0, 0.1) is 23.2 Å². The molecule has 1 aliphatic carbocycles. The Bertz CT molecular complexity index is 252. The molecule has 21 heavy (non-hydrogen) atoms. The molecule has 0 aliphatic heterocycles. The van der Waals surface area contributed by atoms with Gasteiger partial charge in [-0.3, -0.25) is 0 Å². The Kier molecular flexibility index (Phi) is 8.31. The van der Waals surface area contributed by atoms with Crippen molar-refractivity contribution in [3.63, 3.8) is 0 Å². The molecule has 0 saturated heterocycles. The van der Waals surface area contributed by atoms with Crippen molar-refractivity contribution in [3.05, 3.63) is 0 Å². The van der Waals surface area contributed by atoms with Crippen molar-refractivity contribution in [2.45, 2.75) is 86.5 Å². The molecule has 0 aromatic rings. The maximum absolute atomic E-state index is 2.69. The van der Waals surface area contributed by atoms with Gasteiger partial charge in [-0.2, -0.15) is 0 Å². The molecule has 0 aromatic heterocycles. The van der Waals surface area contributed by atoms with Crippen molar-refractivity contribution < 1.29 is 0 Å². The zero-order valence-electron chi connectivity index (χ0n) is 15.8. The van der Waals surface area contributed by atoms with Crippen LogP contribution in [0.1, 0.15) is 86.5 Å². The fourth-order valence-electron chi connectivity index (χ4n) is 4.28. The van der Waals surface area contributed by atoms with Crippen LogP contribution in [0.3, 0.4) is 0 Å². The molecule has 0 amide bonds. The van der Waals surface area contributed by atoms with Gasteiger partial charge in [-0.15, -0.1) is 0 Å². The first-order chi connectivity index (χ1) is 9.86. The third-order valence-corrected chi connectivity index (χ3v) is 5.46. The Labute approximate surface area is 134 Å². The summed E-state index contributed by atoms with van der Waals surface area (Å²) < 4.78 is 0. The molecule has 1 heteroatoms. The van der Waals surface area contributed by atoms with Crippen molar-refractivity contribution in [2.75, 3.05) is 19.6 Å². The van der Waals surface area contributed by atoms with E-state index in [1.54, 1.807) is 0 Å². The van der Waals surface area contributed by atoms with E-state index in [0.29, 0.717) is 5.41 Å². The quantitative estimate of drug-likeness (QED) is 0.532. The van der Waals surface area contributed by atoms with E-state index in [0.717, 1.165) is 17.8 Å². The molecule has 1 rings (SSSR count). The smallest absolute Gasteiger partial charge is 0.000712 e. The van der Waals surface area contributed by atoms with Crippen molar-refractivity contribution in [1.82, 2.24) is 4.90 Å². The van der Waals surface area contributed by atoms with Crippen molar-refractivity contribution in [2.24, 2.45) is 23.2 Å². The SMILES string of the molecule is CCCN(CCC)CC(C)CC1CCC(C(C)(C)C)CC1. The van der Waals surface area contributed by atoms with Crippen LogP contribution in [0.2, 0.25) is 0 Å². The predicted molar refractivity (Wildman–Crippen MR) is 95.7 cm³/mol. The summed E-state index contributed by atoms with van der Waals surface area (Å²) in [6, 6.07) is 0. The lowest BCUT2D eigenvalue weighted by Gasteiger charge is -2.38. The molecule has 1 saturated carbocycles. The number of hydrogen-bond donors (Lipinski definition) is 0. The number of nitrogens with zero attached hydrogens (tertiary/aromatic N) is 1. The van der Waals surface area contributed by atoms with E-state index < -0.39 is 0 Å². The molecular formula is C20H41N. The first-order valence-electron chi connectivity index (χ1n) is 9.59. The second-order valence-electron chi connectivity index (χ2n) is 8.73. The Balaban J connectivity index is 2.31. The van der Waals surface area contributed by atoms with Gasteiger partial charge in [0.25, 0.3) is 0 Å². The average molecular weight is 296 g/mol. The van der Waals surface area contributed by atoms with Gasteiger partial charge in [-0.1, -0.05) is 54.4 Å². The molecule has 0 radical (unpaired) electrons. The highest BCUT2D eigenvalue weighted by atomic mass is 15.1. The Hall–Kier alpha value is -0.0400. The largest absolute Gasteiger partial charge is 0.303 e. The molecule has 1 fully saturated rings. The van der Waals surface area contributed by atoms with E-state index in [1.807, 2.05) is 0 Å². The lowest BCUT2D eigenvalue weighted by atomic mass is 9.68. The summed E-state index contributed by atoms with van der Waals surface area (Å²) >= 11 is 0. The highest BCUT2D eigenvalue weighted by Crippen LogP contribution is 2.41. The van der Waals surface area contributed by atoms with Gasteiger partial charge < -0.3 is 4.90 Å². The Morgan fingerprint density at radius 2 is 1.48 bits per heavy atom. The maximum atomic E-state index is 2.69. The fourth-order valence-corrected chi connectivity index (χ4v) is 4.28. The lowest BCUT2D eigenvalue weighted by Crippen LogP contribution is -2.32. The summed E-state index contributed by atoms with van der Waals surface area (Å²) in [4.78, 5) is 2.69. The summed E-state index contributed by atoms with van der Waals surface area (Å²) in [6.07, 6.45) is 9.94. The summed E-state index contributed by atoms with van der Waals surface area (Å²) in [6.45, 7) is 18.3. The zero-order chi connectivity index (χ0) is 15.9. The molecule has 0 N–H and O–H groups in total. The van der Waals surface area contributed by atoms with Gasteiger partial charge in [-0.05, 0) is 68.4 Å². The van der Waals surface area contributed by atoms with Gasteiger partial charge in [0.2, 0.25) is 0 Å². The molecule has 1 aliphatic rings. The highest BCUT2D eigenvalue weighted by Gasteiger charge is 2.30. The minimum atomic E-state index is 0.523. The number of rotatable bonds is 8. The van der Waals surface area contributed by atoms with E-state index in [9.17, 15) is 0 Å². The maximum Gasteiger partial charge on any atom is 0.000712 e. The lowest BCUT2D eigenvalue weighted by molar-refractivity contribution is 0.132. The van der Waals surface area contributed by atoms with E-state index in [4.69, 9.17) is 0 Å². The van der Waals surface area contributed by atoms with Gasteiger partial charge in [-0.25, -0.2) is 0 Å². The molecule has 0 heterocycles. The second-order valence-corrected chi connectivity index (χ2v) is 8.73. The normalized spacial score (nSPS) is 25.3. The molecule has 1 unspecified atom stereocenters. The predicted octanol–water partition coefficient (Wildman–Crippen LogP) is 5.99. The highest BCUT2D eigenvalue weighted by molar-refractivity contribution is 4.81.